The fraction of sp³-hybridized carbons (Fsp3) is 0.875. The van der Waals surface area contributed by atoms with Gasteiger partial charge in [0.1, 0.15) is 0 Å². The molecule has 1 saturated heterocycles. The Morgan fingerprint density at radius 3 is 2.37 bits per heavy atom. The van der Waals surface area contributed by atoms with Crippen LogP contribution in [-0.2, 0) is 19.6 Å². The van der Waals surface area contributed by atoms with Crippen molar-refractivity contribution < 1.29 is 36.2 Å². The average Bonchev–Trinajstić information content (AvgIpc) is 2.26. The topological polar surface area (TPSA) is 105 Å². The first-order chi connectivity index (χ1) is 8.52. The quantitative estimate of drug-likeness (QED) is 0.628. The summed E-state index contributed by atoms with van der Waals surface area (Å²) in [6.45, 7) is 2.56. The van der Waals surface area contributed by atoms with Crippen LogP contribution in [0, 0.1) is 0 Å². The third kappa shape index (κ3) is 10.7. The zero-order valence-electron chi connectivity index (χ0n) is 10.0. The highest BCUT2D eigenvalue weighted by atomic mass is 32.2. The summed E-state index contributed by atoms with van der Waals surface area (Å²) in [4.78, 5) is 8.90. The van der Waals surface area contributed by atoms with Gasteiger partial charge in [-0.15, -0.1) is 0 Å². The average molecular weight is 308 g/mol. The van der Waals surface area contributed by atoms with Crippen LogP contribution < -0.4 is 10.0 Å². The van der Waals surface area contributed by atoms with E-state index >= 15 is 0 Å². The highest BCUT2D eigenvalue weighted by Gasteiger charge is 2.38. The van der Waals surface area contributed by atoms with Crippen molar-refractivity contribution in [3.8, 4) is 0 Å². The number of halogens is 3. The maximum atomic E-state index is 10.7. The van der Waals surface area contributed by atoms with Gasteiger partial charge in [0.2, 0.25) is 10.0 Å². The number of carboxylic acid groups (broad SMARTS) is 1. The van der Waals surface area contributed by atoms with E-state index in [-0.39, 0.29) is 6.10 Å². The molecule has 1 unspecified atom stereocenters. The van der Waals surface area contributed by atoms with Gasteiger partial charge in [-0.25, -0.2) is 17.9 Å². The summed E-state index contributed by atoms with van der Waals surface area (Å²) in [5, 5.41) is 10.2. The van der Waals surface area contributed by atoms with Gasteiger partial charge in [-0.05, 0) is 0 Å². The minimum absolute atomic E-state index is 0.0338. The van der Waals surface area contributed by atoms with Gasteiger partial charge >= 0.3 is 12.1 Å². The van der Waals surface area contributed by atoms with Crippen molar-refractivity contribution in [1.82, 2.24) is 10.0 Å². The lowest BCUT2D eigenvalue weighted by Gasteiger charge is -2.23. The van der Waals surface area contributed by atoms with Crippen LogP contribution in [0.5, 0.6) is 0 Å². The second-order valence-corrected chi connectivity index (χ2v) is 5.45. The number of hydrogen-bond donors (Lipinski definition) is 3. The summed E-state index contributed by atoms with van der Waals surface area (Å²) in [5.74, 6) is -2.76. The number of morpholine rings is 1. The number of nitrogens with one attached hydrogen (secondary N) is 2. The Bertz CT molecular complexity index is 378. The first-order valence-electron chi connectivity index (χ1n) is 5.09. The molecule has 0 spiro atoms. The van der Waals surface area contributed by atoms with Gasteiger partial charge in [0.25, 0.3) is 0 Å². The summed E-state index contributed by atoms with van der Waals surface area (Å²) in [7, 11) is -3.08. The molecular formula is C8H15F3N2O5S. The summed E-state index contributed by atoms with van der Waals surface area (Å²) in [6, 6.07) is 0. The van der Waals surface area contributed by atoms with Crippen LogP contribution in [0.4, 0.5) is 13.2 Å². The van der Waals surface area contributed by atoms with E-state index in [2.05, 4.69) is 10.0 Å². The van der Waals surface area contributed by atoms with Crippen LogP contribution in [0.25, 0.3) is 0 Å². The fourth-order valence-electron chi connectivity index (χ4n) is 0.995. The van der Waals surface area contributed by atoms with E-state index in [0.29, 0.717) is 19.7 Å². The molecule has 0 radical (unpaired) electrons. The number of ether oxygens (including phenoxy) is 1. The van der Waals surface area contributed by atoms with Crippen molar-refractivity contribution >= 4 is 16.0 Å². The van der Waals surface area contributed by atoms with Gasteiger partial charge in [0, 0.05) is 19.6 Å². The van der Waals surface area contributed by atoms with E-state index in [4.69, 9.17) is 14.6 Å². The normalized spacial score (nSPS) is 20.3. The van der Waals surface area contributed by atoms with E-state index in [9.17, 15) is 21.6 Å². The Hall–Kier alpha value is -0.910. The highest BCUT2D eigenvalue weighted by molar-refractivity contribution is 7.88. The first kappa shape index (κ1) is 18.1. The zero-order valence-corrected chi connectivity index (χ0v) is 10.8. The van der Waals surface area contributed by atoms with Crippen LogP contribution in [0.15, 0.2) is 0 Å². The van der Waals surface area contributed by atoms with Crippen LogP contribution in [0.2, 0.25) is 0 Å². The predicted molar refractivity (Wildman–Crippen MR) is 59.1 cm³/mol. The molecule has 1 aliphatic heterocycles. The third-order valence-electron chi connectivity index (χ3n) is 1.82. The SMILES string of the molecule is CS(=O)(=O)NCC1CNCCO1.O=C(O)C(F)(F)F. The molecule has 1 heterocycles. The standard InChI is InChI=1S/C6H14N2O3S.C2HF3O2/c1-12(9,10)8-5-6-4-7-2-3-11-6;3-2(4,5)1(6)7/h6-8H,2-5H2,1H3;(H,6,7). The molecule has 7 nitrogen and oxygen atoms in total. The summed E-state index contributed by atoms with van der Waals surface area (Å²) < 4.78 is 60.8. The van der Waals surface area contributed by atoms with Crippen molar-refractivity contribution in [2.45, 2.75) is 12.3 Å². The van der Waals surface area contributed by atoms with Crippen LogP contribution >= 0.6 is 0 Å². The van der Waals surface area contributed by atoms with E-state index in [1.165, 1.54) is 0 Å². The Morgan fingerprint density at radius 1 is 1.53 bits per heavy atom. The minimum Gasteiger partial charge on any atom is -0.475 e. The summed E-state index contributed by atoms with van der Waals surface area (Å²) in [5.41, 5.74) is 0. The summed E-state index contributed by atoms with van der Waals surface area (Å²) >= 11 is 0. The van der Waals surface area contributed by atoms with Crippen LogP contribution in [0.3, 0.4) is 0 Å². The molecule has 0 aromatic heterocycles. The van der Waals surface area contributed by atoms with Crippen LogP contribution in [0.1, 0.15) is 0 Å². The Morgan fingerprint density at radius 2 is 2.05 bits per heavy atom. The molecule has 3 N–H and O–H groups in total. The molecule has 1 fully saturated rings. The number of aliphatic carboxylic acids is 1. The maximum Gasteiger partial charge on any atom is 0.490 e. The van der Waals surface area contributed by atoms with Crippen molar-refractivity contribution in [1.29, 1.82) is 0 Å². The van der Waals surface area contributed by atoms with E-state index in [0.717, 1.165) is 12.8 Å². The molecule has 1 atom stereocenters. The minimum atomic E-state index is -5.08. The largest absolute Gasteiger partial charge is 0.490 e. The molecule has 11 heteroatoms. The fourth-order valence-corrected chi connectivity index (χ4v) is 1.48. The van der Waals surface area contributed by atoms with Crippen molar-refractivity contribution in [3.63, 3.8) is 0 Å². The number of sulfonamides is 1. The smallest absolute Gasteiger partial charge is 0.475 e. The maximum absolute atomic E-state index is 10.7. The number of carbonyl (C=O) groups is 1. The van der Waals surface area contributed by atoms with E-state index in [1.807, 2.05) is 0 Å². The molecule has 1 rings (SSSR count). The Balaban J connectivity index is 0.000000399. The van der Waals surface area contributed by atoms with E-state index < -0.39 is 22.2 Å². The Kier molecular flexibility index (Phi) is 7.26. The number of rotatable bonds is 3. The van der Waals surface area contributed by atoms with E-state index in [1.54, 1.807) is 0 Å². The Labute approximate surface area is 108 Å². The lowest BCUT2D eigenvalue weighted by atomic mass is 10.3. The highest BCUT2D eigenvalue weighted by Crippen LogP contribution is 2.13. The lowest BCUT2D eigenvalue weighted by Crippen LogP contribution is -2.44. The molecule has 0 amide bonds. The molecule has 0 aromatic rings. The molecule has 0 aromatic carbocycles. The van der Waals surface area contributed by atoms with Crippen molar-refractivity contribution in [3.05, 3.63) is 0 Å². The molecule has 1 aliphatic rings. The zero-order chi connectivity index (χ0) is 15.1. The predicted octanol–water partition coefficient (Wildman–Crippen LogP) is -0.843. The monoisotopic (exact) mass is 308 g/mol. The van der Waals surface area contributed by atoms with Gasteiger partial charge in [-0.3, -0.25) is 0 Å². The van der Waals surface area contributed by atoms with Gasteiger partial charge in [0.15, 0.2) is 0 Å². The summed E-state index contributed by atoms with van der Waals surface area (Å²) in [6.07, 6.45) is -3.98. The van der Waals surface area contributed by atoms with Gasteiger partial charge < -0.3 is 15.2 Å². The number of hydrogen-bond acceptors (Lipinski definition) is 5. The first-order valence-corrected chi connectivity index (χ1v) is 6.98. The molecule has 0 saturated carbocycles. The number of carboxylic acids is 1. The molecule has 0 aliphatic carbocycles. The number of alkyl halides is 3. The molecule has 0 bridgehead atoms. The van der Waals surface area contributed by atoms with Crippen molar-refractivity contribution in [2.24, 2.45) is 0 Å². The lowest BCUT2D eigenvalue weighted by molar-refractivity contribution is -0.192. The molecule has 19 heavy (non-hydrogen) atoms. The van der Waals surface area contributed by atoms with Gasteiger partial charge in [0.05, 0.1) is 19.0 Å². The van der Waals surface area contributed by atoms with Crippen molar-refractivity contribution in [2.75, 3.05) is 32.5 Å². The second-order valence-electron chi connectivity index (χ2n) is 3.62. The van der Waals surface area contributed by atoms with Gasteiger partial charge in [-0.2, -0.15) is 13.2 Å². The second kappa shape index (κ2) is 7.62. The third-order valence-corrected chi connectivity index (χ3v) is 2.51. The van der Waals surface area contributed by atoms with Crippen LogP contribution in [-0.4, -0.2) is 64.3 Å². The van der Waals surface area contributed by atoms with Gasteiger partial charge in [-0.1, -0.05) is 0 Å². The molecule has 114 valence electrons. The molecular weight excluding hydrogens is 293 g/mol.